The van der Waals surface area contributed by atoms with Crippen LogP contribution in [0.4, 0.5) is 11.4 Å². The van der Waals surface area contributed by atoms with Gasteiger partial charge in [0.1, 0.15) is 0 Å². The van der Waals surface area contributed by atoms with Crippen LogP contribution in [0.15, 0.2) is 41.2 Å². The van der Waals surface area contributed by atoms with Crippen LogP contribution in [0.25, 0.3) is 17.6 Å². The van der Waals surface area contributed by atoms with Crippen LogP contribution in [0.3, 0.4) is 0 Å². The molecule has 3 rings (SSSR count). The number of benzene rings is 2. The van der Waals surface area contributed by atoms with Crippen molar-refractivity contribution in [1.29, 1.82) is 0 Å². The van der Waals surface area contributed by atoms with E-state index in [1.807, 2.05) is 52.5 Å². The monoisotopic (exact) mass is 396 g/mol. The van der Waals surface area contributed by atoms with Crippen LogP contribution in [0, 0.1) is 0 Å². The fraction of sp³-hybridized carbons (Fsp3) is 0.235. The van der Waals surface area contributed by atoms with Crippen molar-refractivity contribution in [3.8, 4) is 0 Å². The van der Waals surface area contributed by atoms with E-state index in [1.165, 1.54) is 18.2 Å². The van der Waals surface area contributed by atoms with E-state index in [2.05, 4.69) is 21.9 Å². The molecule has 0 unspecified atom stereocenters. The zero-order valence-corrected chi connectivity index (χ0v) is 15.0. The van der Waals surface area contributed by atoms with Gasteiger partial charge in [0, 0.05) is 0 Å². The van der Waals surface area contributed by atoms with E-state index >= 15 is 0 Å². The second-order valence-corrected chi connectivity index (χ2v) is 8.67. The Morgan fingerprint density at radius 1 is 0.762 bits per heavy atom. The summed E-state index contributed by atoms with van der Waals surface area (Å²) in [6.45, 7) is 0. The van der Waals surface area contributed by atoms with Crippen LogP contribution in [-0.4, -0.2) is 48.6 Å². The molecule has 0 atom stereocenters. The van der Waals surface area contributed by atoms with Crippen molar-refractivity contribution in [3.05, 3.63) is 46.6 Å². The van der Waals surface area contributed by atoms with Crippen molar-refractivity contribution >= 4 is 49.4 Å². The van der Waals surface area contributed by atoms with E-state index < -0.39 is 20.4 Å². The SMILES string of the molecule is CN(C)c1ccc2c(=O)c3ccc(N(C)C)cc3[te]c2c1. The topological polar surface area (TPSA) is 23.6 Å². The van der Waals surface area contributed by atoms with Gasteiger partial charge in [-0.1, -0.05) is 0 Å². The molecule has 0 saturated carbocycles. The minimum atomic E-state index is -0.516. The Kier molecular flexibility index (Phi) is 3.69. The summed E-state index contributed by atoms with van der Waals surface area (Å²) in [6.07, 6.45) is 0. The number of hydrogen-bond donors (Lipinski definition) is 0. The van der Waals surface area contributed by atoms with E-state index in [0.717, 1.165) is 10.8 Å². The molecule has 4 heteroatoms. The number of fused-ring (bicyclic) bond motifs is 2. The molecule has 0 N–H and O–H groups in total. The summed E-state index contributed by atoms with van der Waals surface area (Å²) in [7, 11) is 8.13. The average molecular weight is 394 g/mol. The van der Waals surface area contributed by atoms with E-state index in [-0.39, 0.29) is 5.43 Å². The van der Waals surface area contributed by atoms with E-state index in [1.54, 1.807) is 0 Å². The molecule has 0 fully saturated rings. The van der Waals surface area contributed by atoms with E-state index in [4.69, 9.17) is 0 Å². The Labute approximate surface area is 134 Å². The first-order valence-corrected chi connectivity index (χ1v) is 9.15. The number of nitrogens with zero attached hydrogens (tertiary/aromatic N) is 2. The molecule has 0 bridgehead atoms. The van der Waals surface area contributed by atoms with Gasteiger partial charge in [-0.3, -0.25) is 0 Å². The first-order chi connectivity index (χ1) is 9.97. The number of hydrogen-bond acceptors (Lipinski definition) is 3. The molecule has 0 aliphatic carbocycles. The van der Waals surface area contributed by atoms with Crippen molar-refractivity contribution in [1.82, 2.24) is 0 Å². The van der Waals surface area contributed by atoms with Gasteiger partial charge < -0.3 is 0 Å². The number of rotatable bonds is 2. The molecule has 108 valence electrons. The Balaban J connectivity index is 2.35. The van der Waals surface area contributed by atoms with Gasteiger partial charge in [-0.2, -0.15) is 0 Å². The van der Waals surface area contributed by atoms with Crippen LogP contribution >= 0.6 is 0 Å². The van der Waals surface area contributed by atoms with Gasteiger partial charge >= 0.3 is 134 Å². The van der Waals surface area contributed by atoms with Gasteiger partial charge in [0.15, 0.2) is 0 Å². The van der Waals surface area contributed by atoms with Crippen molar-refractivity contribution in [3.63, 3.8) is 0 Å². The first-order valence-electron chi connectivity index (χ1n) is 6.82. The zero-order chi connectivity index (χ0) is 15.1. The third-order valence-corrected chi connectivity index (χ3v) is 6.86. The van der Waals surface area contributed by atoms with Crippen LogP contribution < -0.4 is 15.2 Å². The van der Waals surface area contributed by atoms with Crippen molar-refractivity contribution in [2.24, 2.45) is 0 Å². The molecule has 0 saturated heterocycles. The summed E-state index contributed by atoms with van der Waals surface area (Å²) < 4.78 is 2.50. The molecule has 0 amide bonds. The second kappa shape index (κ2) is 5.36. The first kappa shape index (κ1) is 14.4. The molecule has 21 heavy (non-hydrogen) atoms. The third-order valence-electron chi connectivity index (χ3n) is 3.67. The molecule has 2 aromatic carbocycles. The summed E-state index contributed by atoms with van der Waals surface area (Å²) in [5, 5.41) is 1.79. The van der Waals surface area contributed by atoms with Gasteiger partial charge in [-0.25, -0.2) is 0 Å². The molecule has 0 radical (unpaired) electrons. The Morgan fingerprint density at radius 3 is 1.57 bits per heavy atom. The van der Waals surface area contributed by atoms with Crippen molar-refractivity contribution in [2.75, 3.05) is 38.0 Å². The van der Waals surface area contributed by atoms with Crippen LogP contribution in [0.1, 0.15) is 0 Å². The van der Waals surface area contributed by atoms with Crippen LogP contribution in [0.2, 0.25) is 0 Å². The van der Waals surface area contributed by atoms with Gasteiger partial charge in [0.25, 0.3) is 0 Å². The maximum absolute atomic E-state index is 12.7. The zero-order valence-electron chi connectivity index (χ0n) is 12.7. The van der Waals surface area contributed by atoms with Gasteiger partial charge in [0.05, 0.1) is 0 Å². The Hall–Kier alpha value is -1.50. The summed E-state index contributed by atoms with van der Waals surface area (Å²) in [5.41, 5.74) is 2.50. The summed E-state index contributed by atoms with van der Waals surface area (Å²) >= 11 is -0.516. The quantitative estimate of drug-likeness (QED) is 0.494. The normalized spacial score (nSPS) is 11.0. The third kappa shape index (κ3) is 2.54. The van der Waals surface area contributed by atoms with Crippen LogP contribution in [-0.2, 0) is 0 Å². The Bertz CT molecular complexity index is 812. The molecular formula is C17H18N2OTe. The minimum absolute atomic E-state index is 0.173. The molecule has 0 aliphatic heterocycles. The molecule has 3 aromatic rings. The molecular weight excluding hydrogens is 376 g/mol. The van der Waals surface area contributed by atoms with Gasteiger partial charge in [-0.05, 0) is 0 Å². The fourth-order valence-electron chi connectivity index (χ4n) is 2.39. The predicted octanol–water partition coefficient (Wildman–Crippen LogP) is 2.54. The summed E-state index contributed by atoms with van der Waals surface area (Å²) in [4.78, 5) is 16.8. The number of anilines is 2. The second-order valence-electron chi connectivity index (χ2n) is 5.58. The Morgan fingerprint density at radius 2 is 1.19 bits per heavy atom. The molecule has 0 aliphatic rings. The molecule has 3 nitrogen and oxygen atoms in total. The molecule has 1 aromatic heterocycles. The maximum atomic E-state index is 12.7. The fourth-order valence-corrected chi connectivity index (χ4v) is 5.63. The molecule has 0 spiro atoms. The van der Waals surface area contributed by atoms with Crippen molar-refractivity contribution in [2.45, 2.75) is 0 Å². The molecule has 1 heterocycles. The average Bonchev–Trinajstić information content (AvgIpc) is 2.46. The van der Waals surface area contributed by atoms with Crippen molar-refractivity contribution < 1.29 is 0 Å². The summed E-state index contributed by atoms with van der Waals surface area (Å²) in [5.74, 6) is 0. The van der Waals surface area contributed by atoms with Gasteiger partial charge in [-0.15, -0.1) is 0 Å². The van der Waals surface area contributed by atoms with Gasteiger partial charge in [0.2, 0.25) is 0 Å². The van der Waals surface area contributed by atoms with E-state index in [0.29, 0.717) is 0 Å². The van der Waals surface area contributed by atoms with Crippen LogP contribution in [0.5, 0.6) is 0 Å². The predicted molar refractivity (Wildman–Crippen MR) is 93.3 cm³/mol. The standard InChI is InChI=1S/C17H18N2OTe/c1-18(2)11-5-7-13-15(9-11)21-16-10-12(19(3)4)6-8-14(16)17(13)20/h5-10H,1-4H3. The summed E-state index contributed by atoms with van der Waals surface area (Å²) in [6, 6.07) is 12.4. The van der Waals surface area contributed by atoms with E-state index in [9.17, 15) is 4.79 Å².